The van der Waals surface area contributed by atoms with Crippen molar-refractivity contribution in [2.75, 3.05) is 18.6 Å². The fourth-order valence-corrected chi connectivity index (χ4v) is 2.03. The van der Waals surface area contributed by atoms with Crippen molar-refractivity contribution < 1.29 is 9.47 Å². The van der Waals surface area contributed by atoms with E-state index in [0.29, 0.717) is 18.2 Å². The summed E-state index contributed by atoms with van der Waals surface area (Å²) in [5.74, 6) is 1.75. The Bertz CT molecular complexity index is 619. The molecule has 7 heteroatoms. The van der Waals surface area contributed by atoms with Crippen LogP contribution in [0, 0.1) is 0 Å². The summed E-state index contributed by atoms with van der Waals surface area (Å²) < 4.78 is 10.7. The summed E-state index contributed by atoms with van der Waals surface area (Å²) >= 11 is 5.12. The SMILES string of the molecule is CCOc1ccc(N(C(N)=S)c2nnccc2OC)cc1. The summed E-state index contributed by atoms with van der Waals surface area (Å²) in [4.78, 5) is 1.59. The third-order valence-corrected chi connectivity index (χ3v) is 2.91. The molecule has 0 unspecified atom stereocenters. The Morgan fingerprint density at radius 2 is 2.00 bits per heavy atom. The molecule has 0 saturated carbocycles. The van der Waals surface area contributed by atoms with E-state index in [1.807, 2.05) is 31.2 Å². The molecule has 6 nitrogen and oxygen atoms in total. The lowest BCUT2D eigenvalue weighted by Crippen LogP contribution is -2.32. The van der Waals surface area contributed by atoms with Crippen molar-refractivity contribution in [1.29, 1.82) is 0 Å². The van der Waals surface area contributed by atoms with Crippen LogP contribution in [0.1, 0.15) is 6.92 Å². The average molecular weight is 304 g/mol. The van der Waals surface area contributed by atoms with Gasteiger partial charge in [-0.1, -0.05) is 0 Å². The normalized spacial score (nSPS) is 10.0. The lowest BCUT2D eigenvalue weighted by molar-refractivity contribution is 0.340. The summed E-state index contributed by atoms with van der Waals surface area (Å²) in [5.41, 5.74) is 6.58. The Kier molecular flexibility index (Phi) is 4.89. The van der Waals surface area contributed by atoms with E-state index in [0.717, 1.165) is 11.4 Å². The minimum absolute atomic E-state index is 0.151. The van der Waals surface area contributed by atoms with E-state index >= 15 is 0 Å². The van der Waals surface area contributed by atoms with Gasteiger partial charge in [-0.2, -0.15) is 5.10 Å². The molecule has 2 rings (SSSR count). The number of nitrogens with zero attached hydrogens (tertiary/aromatic N) is 3. The predicted molar refractivity (Wildman–Crippen MR) is 85.1 cm³/mol. The Morgan fingerprint density at radius 1 is 1.29 bits per heavy atom. The zero-order valence-corrected chi connectivity index (χ0v) is 12.6. The number of hydrogen-bond acceptors (Lipinski definition) is 5. The molecular weight excluding hydrogens is 288 g/mol. The lowest BCUT2D eigenvalue weighted by atomic mass is 10.2. The first kappa shape index (κ1) is 15.0. The van der Waals surface area contributed by atoms with Crippen LogP contribution in [0.25, 0.3) is 0 Å². The number of benzene rings is 1. The van der Waals surface area contributed by atoms with Crippen LogP contribution in [0.15, 0.2) is 36.5 Å². The predicted octanol–water partition coefficient (Wildman–Crippen LogP) is 2.27. The monoisotopic (exact) mass is 304 g/mol. The van der Waals surface area contributed by atoms with E-state index < -0.39 is 0 Å². The fourth-order valence-electron chi connectivity index (χ4n) is 1.84. The molecule has 2 aromatic rings. The highest BCUT2D eigenvalue weighted by atomic mass is 32.1. The first-order chi connectivity index (χ1) is 10.2. The van der Waals surface area contributed by atoms with E-state index in [4.69, 9.17) is 27.4 Å². The first-order valence-electron chi connectivity index (χ1n) is 6.35. The zero-order valence-electron chi connectivity index (χ0n) is 11.8. The summed E-state index contributed by atoms with van der Waals surface area (Å²) in [5, 5.41) is 8.07. The number of anilines is 2. The lowest BCUT2D eigenvalue weighted by Gasteiger charge is -2.23. The van der Waals surface area contributed by atoms with Gasteiger partial charge in [0.05, 0.1) is 25.6 Å². The molecule has 0 aliphatic carbocycles. The fraction of sp³-hybridized carbons (Fsp3) is 0.214. The Hall–Kier alpha value is -2.41. The van der Waals surface area contributed by atoms with Crippen LogP contribution in [0.4, 0.5) is 11.5 Å². The maximum atomic E-state index is 5.82. The third-order valence-electron chi connectivity index (χ3n) is 2.72. The minimum Gasteiger partial charge on any atom is -0.494 e. The molecule has 110 valence electrons. The maximum absolute atomic E-state index is 5.82. The molecule has 1 heterocycles. The maximum Gasteiger partial charge on any atom is 0.204 e. The summed E-state index contributed by atoms with van der Waals surface area (Å²) in [6, 6.07) is 9.07. The van der Waals surface area contributed by atoms with Crippen LogP contribution in [0.5, 0.6) is 11.5 Å². The molecule has 0 aliphatic heterocycles. The van der Waals surface area contributed by atoms with Gasteiger partial charge in [-0.25, -0.2) is 0 Å². The Morgan fingerprint density at radius 3 is 2.57 bits per heavy atom. The Labute approximate surface area is 128 Å². The standard InChI is InChI=1S/C14H16N4O2S/c1-3-20-11-6-4-10(5-7-11)18(14(15)21)13-12(19-2)8-9-16-17-13/h4-9H,3H2,1-2H3,(H2,15,21). The molecule has 0 spiro atoms. The third kappa shape index (κ3) is 3.38. The van der Waals surface area contributed by atoms with Gasteiger partial charge in [-0.3, -0.25) is 4.90 Å². The number of nitrogens with two attached hydrogens (primary N) is 1. The van der Waals surface area contributed by atoms with Crippen LogP contribution < -0.4 is 20.1 Å². The van der Waals surface area contributed by atoms with Gasteiger partial charge in [0.25, 0.3) is 0 Å². The number of ether oxygens (including phenoxy) is 2. The largest absolute Gasteiger partial charge is 0.494 e. The van der Waals surface area contributed by atoms with Crippen LogP contribution in [0.3, 0.4) is 0 Å². The van der Waals surface area contributed by atoms with Gasteiger partial charge in [0.15, 0.2) is 10.9 Å². The molecule has 2 N–H and O–H groups in total. The van der Waals surface area contributed by atoms with Gasteiger partial charge in [-0.15, -0.1) is 5.10 Å². The van der Waals surface area contributed by atoms with Crippen molar-refractivity contribution in [2.45, 2.75) is 6.92 Å². The van der Waals surface area contributed by atoms with Gasteiger partial charge in [0.2, 0.25) is 5.82 Å². The van der Waals surface area contributed by atoms with Crippen LogP contribution >= 0.6 is 12.2 Å². The minimum atomic E-state index is 0.151. The van der Waals surface area contributed by atoms with Gasteiger partial charge in [-0.05, 0) is 43.4 Å². The molecule has 0 amide bonds. The average Bonchev–Trinajstić information content (AvgIpc) is 2.50. The van der Waals surface area contributed by atoms with Crippen molar-refractivity contribution in [3.8, 4) is 11.5 Å². The second-order valence-corrected chi connectivity index (χ2v) is 4.44. The van der Waals surface area contributed by atoms with Crippen molar-refractivity contribution in [1.82, 2.24) is 10.2 Å². The van der Waals surface area contributed by atoms with Crippen LogP contribution in [-0.4, -0.2) is 29.0 Å². The second-order valence-electron chi connectivity index (χ2n) is 4.02. The summed E-state index contributed by atoms with van der Waals surface area (Å²) in [6.45, 7) is 2.54. The molecule has 0 bridgehead atoms. The van der Waals surface area contributed by atoms with E-state index in [9.17, 15) is 0 Å². The number of thiocarbonyl (C=S) groups is 1. The molecule has 21 heavy (non-hydrogen) atoms. The topological polar surface area (TPSA) is 73.5 Å². The molecular formula is C14H16N4O2S. The molecule has 0 fully saturated rings. The smallest absolute Gasteiger partial charge is 0.204 e. The van der Waals surface area contributed by atoms with Crippen molar-refractivity contribution >= 4 is 28.8 Å². The van der Waals surface area contributed by atoms with E-state index in [-0.39, 0.29) is 5.11 Å². The van der Waals surface area contributed by atoms with E-state index in [1.165, 1.54) is 6.20 Å². The van der Waals surface area contributed by atoms with Crippen LogP contribution in [0.2, 0.25) is 0 Å². The molecule has 0 saturated heterocycles. The van der Waals surface area contributed by atoms with Crippen LogP contribution in [-0.2, 0) is 0 Å². The molecule has 1 aromatic heterocycles. The number of hydrogen-bond donors (Lipinski definition) is 1. The summed E-state index contributed by atoms with van der Waals surface area (Å²) in [7, 11) is 1.55. The summed E-state index contributed by atoms with van der Waals surface area (Å²) in [6.07, 6.45) is 1.54. The van der Waals surface area contributed by atoms with E-state index in [2.05, 4.69) is 10.2 Å². The first-order valence-corrected chi connectivity index (χ1v) is 6.76. The number of rotatable bonds is 5. The Balaban J connectivity index is 2.41. The highest BCUT2D eigenvalue weighted by Gasteiger charge is 2.18. The van der Waals surface area contributed by atoms with Gasteiger partial charge in [0, 0.05) is 6.07 Å². The number of methoxy groups -OCH3 is 1. The quantitative estimate of drug-likeness (QED) is 0.849. The molecule has 0 radical (unpaired) electrons. The van der Waals surface area contributed by atoms with E-state index in [1.54, 1.807) is 18.1 Å². The molecule has 0 atom stereocenters. The zero-order chi connectivity index (χ0) is 15.2. The van der Waals surface area contributed by atoms with Crippen molar-refractivity contribution in [3.05, 3.63) is 36.5 Å². The second kappa shape index (κ2) is 6.85. The van der Waals surface area contributed by atoms with Gasteiger partial charge >= 0.3 is 0 Å². The highest BCUT2D eigenvalue weighted by molar-refractivity contribution is 7.80. The molecule has 1 aromatic carbocycles. The van der Waals surface area contributed by atoms with Crippen molar-refractivity contribution in [2.24, 2.45) is 5.73 Å². The van der Waals surface area contributed by atoms with Gasteiger partial charge in [0.1, 0.15) is 5.75 Å². The van der Waals surface area contributed by atoms with Crippen molar-refractivity contribution in [3.63, 3.8) is 0 Å². The molecule has 0 aliphatic rings. The van der Waals surface area contributed by atoms with Gasteiger partial charge < -0.3 is 15.2 Å². The number of aromatic nitrogens is 2. The highest BCUT2D eigenvalue weighted by Crippen LogP contribution is 2.31.